The van der Waals surface area contributed by atoms with Crippen molar-refractivity contribution in [2.75, 3.05) is 21.0 Å². The molecule has 1 aromatic heterocycles. The first-order valence-corrected chi connectivity index (χ1v) is 9.59. The molecule has 2 heterocycles. The number of rotatable bonds is 5. The molecule has 1 amide bonds. The first-order chi connectivity index (χ1) is 14.1. The van der Waals surface area contributed by atoms with Crippen molar-refractivity contribution in [3.63, 3.8) is 0 Å². The molecule has 0 radical (unpaired) electrons. The normalized spacial score (nSPS) is 13.0. The molecule has 1 aliphatic heterocycles. The summed E-state index contributed by atoms with van der Waals surface area (Å²) in [6, 6.07) is 10.8. The van der Waals surface area contributed by atoms with Crippen molar-refractivity contribution in [1.29, 1.82) is 0 Å². The van der Waals surface area contributed by atoms with E-state index in [-0.39, 0.29) is 25.7 Å². The predicted octanol–water partition coefficient (Wildman–Crippen LogP) is 2.28. The molecular weight excluding hydrogens is 396 g/mol. The van der Waals surface area contributed by atoms with E-state index in [1.165, 1.54) is 18.4 Å². The summed E-state index contributed by atoms with van der Waals surface area (Å²) >= 11 is 1.31. The molecule has 29 heavy (non-hydrogen) atoms. The highest BCUT2D eigenvalue weighted by Gasteiger charge is 2.16. The number of esters is 1. The van der Waals surface area contributed by atoms with Gasteiger partial charge in [0.2, 0.25) is 6.79 Å². The average molecular weight is 414 g/mol. The van der Waals surface area contributed by atoms with E-state index in [1.54, 1.807) is 35.9 Å². The smallest absolute Gasteiger partial charge is 0.325 e. The van der Waals surface area contributed by atoms with Crippen LogP contribution in [0.3, 0.4) is 0 Å². The van der Waals surface area contributed by atoms with Crippen molar-refractivity contribution in [1.82, 2.24) is 4.57 Å². The lowest BCUT2D eigenvalue weighted by atomic mass is 10.1. The molecule has 4 rings (SSSR count). The van der Waals surface area contributed by atoms with Gasteiger partial charge in [0, 0.05) is 0 Å². The number of aromatic nitrogens is 1. The first-order valence-electron chi connectivity index (χ1n) is 8.77. The fraction of sp³-hybridized carbons (Fsp3) is 0.250. The Bertz CT molecular complexity index is 1160. The SMILES string of the molecule is COC(=O)Cn1c(=NC(=O)Cc2ccc3c(c2)OCO3)sc2cc(OC)ccc21. The highest BCUT2D eigenvalue weighted by atomic mass is 32.1. The van der Waals surface area contributed by atoms with Crippen molar-refractivity contribution in [3.8, 4) is 17.2 Å². The van der Waals surface area contributed by atoms with Gasteiger partial charge in [-0.15, -0.1) is 0 Å². The minimum atomic E-state index is -0.426. The number of nitrogens with zero attached hydrogens (tertiary/aromatic N) is 2. The lowest BCUT2D eigenvalue weighted by Gasteiger charge is -2.04. The van der Waals surface area contributed by atoms with Gasteiger partial charge in [0.25, 0.3) is 5.91 Å². The number of benzene rings is 2. The lowest BCUT2D eigenvalue weighted by Crippen LogP contribution is -2.22. The molecular formula is C20H18N2O6S. The molecule has 0 spiro atoms. The summed E-state index contributed by atoms with van der Waals surface area (Å²) in [5, 5.41) is 0. The minimum Gasteiger partial charge on any atom is -0.497 e. The summed E-state index contributed by atoms with van der Waals surface area (Å²) in [5.41, 5.74) is 1.54. The van der Waals surface area contributed by atoms with Crippen LogP contribution in [0.5, 0.6) is 17.2 Å². The summed E-state index contributed by atoms with van der Waals surface area (Å²) in [6.07, 6.45) is 0.104. The Morgan fingerprint density at radius 3 is 2.76 bits per heavy atom. The molecule has 0 saturated carbocycles. The zero-order valence-electron chi connectivity index (χ0n) is 15.8. The molecule has 0 unspecified atom stereocenters. The number of carbonyl (C=O) groups excluding carboxylic acids is 2. The second-order valence-corrected chi connectivity index (χ2v) is 7.26. The summed E-state index contributed by atoms with van der Waals surface area (Å²) < 4.78 is 23.2. The molecule has 150 valence electrons. The van der Waals surface area contributed by atoms with Crippen LogP contribution >= 0.6 is 11.3 Å². The third kappa shape index (κ3) is 3.95. The van der Waals surface area contributed by atoms with Gasteiger partial charge in [-0.25, -0.2) is 0 Å². The van der Waals surface area contributed by atoms with Gasteiger partial charge in [0.15, 0.2) is 16.3 Å². The average Bonchev–Trinajstić information content (AvgIpc) is 3.31. The maximum absolute atomic E-state index is 12.6. The van der Waals surface area contributed by atoms with Crippen molar-refractivity contribution in [2.24, 2.45) is 4.99 Å². The maximum atomic E-state index is 12.6. The van der Waals surface area contributed by atoms with E-state index in [0.717, 1.165) is 15.8 Å². The molecule has 8 nitrogen and oxygen atoms in total. The third-order valence-corrected chi connectivity index (χ3v) is 5.46. The van der Waals surface area contributed by atoms with E-state index in [1.807, 2.05) is 12.1 Å². The second kappa shape index (κ2) is 7.96. The molecule has 0 atom stereocenters. The van der Waals surface area contributed by atoms with Gasteiger partial charge >= 0.3 is 5.97 Å². The van der Waals surface area contributed by atoms with Gasteiger partial charge in [0.05, 0.1) is 30.9 Å². The van der Waals surface area contributed by atoms with E-state index in [0.29, 0.717) is 22.0 Å². The standard InChI is InChI=1S/C20H18N2O6S/c1-25-13-4-5-14-17(9-13)29-20(22(14)10-19(24)26-2)21-18(23)8-12-3-6-15-16(7-12)28-11-27-15/h3-7,9H,8,10-11H2,1-2H3. The van der Waals surface area contributed by atoms with E-state index in [9.17, 15) is 9.59 Å². The highest BCUT2D eigenvalue weighted by molar-refractivity contribution is 7.16. The number of amides is 1. The van der Waals surface area contributed by atoms with Gasteiger partial charge in [-0.2, -0.15) is 4.99 Å². The van der Waals surface area contributed by atoms with Gasteiger partial charge in [0.1, 0.15) is 12.3 Å². The zero-order chi connectivity index (χ0) is 20.4. The molecule has 9 heteroatoms. The van der Waals surface area contributed by atoms with Crippen molar-refractivity contribution in [2.45, 2.75) is 13.0 Å². The van der Waals surface area contributed by atoms with Crippen molar-refractivity contribution < 1.29 is 28.5 Å². The molecule has 1 aliphatic rings. The number of methoxy groups -OCH3 is 2. The van der Waals surface area contributed by atoms with Crippen molar-refractivity contribution in [3.05, 3.63) is 46.8 Å². The number of hydrogen-bond acceptors (Lipinski definition) is 7. The Morgan fingerprint density at radius 1 is 1.14 bits per heavy atom. The Labute approximate surface area is 169 Å². The first kappa shape index (κ1) is 19.0. The minimum absolute atomic E-state index is 0.0427. The summed E-state index contributed by atoms with van der Waals surface area (Å²) in [5.74, 6) is 1.20. The maximum Gasteiger partial charge on any atom is 0.325 e. The monoisotopic (exact) mass is 414 g/mol. The summed E-state index contributed by atoms with van der Waals surface area (Å²) in [4.78, 5) is 29.1. The second-order valence-electron chi connectivity index (χ2n) is 6.25. The van der Waals surface area contributed by atoms with Crippen LogP contribution in [0.1, 0.15) is 5.56 Å². The Kier molecular flexibility index (Phi) is 5.22. The van der Waals surface area contributed by atoms with Crippen LogP contribution in [-0.4, -0.2) is 37.5 Å². The lowest BCUT2D eigenvalue weighted by molar-refractivity contribution is -0.141. The van der Waals surface area contributed by atoms with E-state index in [4.69, 9.17) is 18.9 Å². The molecule has 2 aromatic carbocycles. The molecule has 0 fully saturated rings. The molecule has 0 aliphatic carbocycles. The van der Waals surface area contributed by atoms with Crippen LogP contribution in [0.15, 0.2) is 41.4 Å². The van der Waals surface area contributed by atoms with Crippen LogP contribution in [0.4, 0.5) is 0 Å². The number of hydrogen-bond donors (Lipinski definition) is 0. The highest BCUT2D eigenvalue weighted by Crippen LogP contribution is 2.32. The molecule has 3 aromatic rings. The topological polar surface area (TPSA) is 88.4 Å². The zero-order valence-corrected chi connectivity index (χ0v) is 16.7. The Balaban J connectivity index is 1.68. The van der Waals surface area contributed by atoms with Gasteiger partial charge in [-0.05, 0) is 35.9 Å². The fourth-order valence-electron chi connectivity index (χ4n) is 2.98. The predicted molar refractivity (Wildman–Crippen MR) is 105 cm³/mol. The number of thiazole rings is 1. The summed E-state index contributed by atoms with van der Waals surface area (Å²) in [6.45, 7) is 0.134. The fourth-order valence-corrected chi connectivity index (χ4v) is 4.06. The third-order valence-electron chi connectivity index (χ3n) is 4.42. The van der Waals surface area contributed by atoms with Crippen LogP contribution < -0.4 is 19.0 Å². The van der Waals surface area contributed by atoms with Crippen LogP contribution in [0, 0.1) is 0 Å². The molecule has 0 bridgehead atoms. The Hall–Kier alpha value is -3.33. The van der Waals surface area contributed by atoms with E-state index >= 15 is 0 Å². The largest absolute Gasteiger partial charge is 0.497 e. The number of fused-ring (bicyclic) bond motifs is 2. The van der Waals surface area contributed by atoms with E-state index in [2.05, 4.69) is 4.99 Å². The quantitative estimate of drug-likeness (QED) is 0.595. The summed E-state index contributed by atoms with van der Waals surface area (Å²) in [7, 11) is 2.90. The number of carbonyl (C=O) groups is 2. The molecule has 0 N–H and O–H groups in total. The van der Waals surface area contributed by atoms with E-state index < -0.39 is 5.97 Å². The number of ether oxygens (including phenoxy) is 4. The van der Waals surface area contributed by atoms with Crippen molar-refractivity contribution >= 4 is 33.4 Å². The van der Waals surface area contributed by atoms with Crippen LogP contribution in [0.2, 0.25) is 0 Å². The van der Waals surface area contributed by atoms with Crippen LogP contribution in [0.25, 0.3) is 10.2 Å². The van der Waals surface area contributed by atoms with Gasteiger partial charge in [-0.1, -0.05) is 17.4 Å². The molecule has 0 saturated heterocycles. The Morgan fingerprint density at radius 2 is 1.97 bits per heavy atom. The van der Waals surface area contributed by atoms with Crippen LogP contribution in [-0.2, 0) is 27.3 Å². The van der Waals surface area contributed by atoms with Gasteiger partial charge < -0.3 is 23.5 Å². The van der Waals surface area contributed by atoms with Gasteiger partial charge in [-0.3, -0.25) is 9.59 Å².